The first kappa shape index (κ1) is 21.2. The van der Waals surface area contributed by atoms with Crippen molar-refractivity contribution >= 4 is 11.6 Å². The number of ether oxygens (including phenoxy) is 3. The zero-order chi connectivity index (χ0) is 24.0. The lowest BCUT2D eigenvalue weighted by Crippen LogP contribution is -2.27. The van der Waals surface area contributed by atoms with Crippen molar-refractivity contribution in [3.8, 4) is 39.8 Å². The van der Waals surface area contributed by atoms with Gasteiger partial charge in [-0.3, -0.25) is 4.79 Å². The number of rotatable bonds is 6. The summed E-state index contributed by atoms with van der Waals surface area (Å²) in [5, 5.41) is 17.4. The number of hydrogen-bond acceptors (Lipinski definition) is 7. The fourth-order valence-corrected chi connectivity index (χ4v) is 4.55. The van der Waals surface area contributed by atoms with Gasteiger partial charge in [-0.2, -0.15) is 5.21 Å². The van der Waals surface area contributed by atoms with Gasteiger partial charge in [-0.15, -0.1) is 10.2 Å². The van der Waals surface area contributed by atoms with Crippen LogP contribution in [0.25, 0.3) is 22.5 Å². The second-order valence-electron chi connectivity index (χ2n) is 8.78. The Morgan fingerprint density at radius 3 is 2.69 bits per heavy atom. The molecule has 35 heavy (non-hydrogen) atoms. The number of nitrogens with one attached hydrogen (secondary N) is 2. The van der Waals surface area contributed by atoms with Gasteiger partial charge in [0, 0.05) is 19.7 Å². The van der Waals surface area contributed by atoms with E-state index in [-0.39, 0.29) is 15.6 Å². The highest BCUT2D eigenvalue weighted by molar-refractivity contribution is 6.02. The van der Waals surface area contributed by atoms with Crippen LogP contribution in [0.1, 0.15) is 26.8 Å². The maximum atomic E-state index is 13.4. The Hall–Kier alpha value is -4.40. The Balaban J connectivity index is 0.00000160. The molecule has 0 spiro atoms. The number of benzene rings is 3. The van der Waals surface area contributed by atoms with Gasteiger partial charge in [0.1, 0.15) is 5.75 Å². The Bertz CT molecular complexity index is 1440. The lowest BCUT2D eigenvalue weighted by Gasteiger charge is -2.18. The third-order valence-electron chi connectivity index (χ3n) is 6.70. The Labute approximate surface area is 204 Å². The van der Waals surface area contributed by atoms with Gasteiger partial charge in [-0.1, -0.05) is 12.1 Å². The molecule has 1 amide bonds. The van der Waals surface area contributed by atoms with Crippen LogP contribution in [0.5, 0.6) is 17.2 Å². The fraction of sp³-hybridized carbons (Fsp3) is 0.231. The summed E-state index contributed by atoms with van der Waals surface area (Å²) in [6, 6.07) is 17.4. The Morgan fingerprint density at radius 1 is 1.06 bits per heavy atom. The maximum absolute atomic E-state index is 13.4. The molecule has 180 valence electrons. The van der Waals surface area contributed by atoms with Crippen molar-refractivity contribution in [1.82, 2.24) is 20.6 Å². The SMILES string of the molecule is COc1ccc(-c2nn[nH]n2)cc1-c1cc(NC(=O)C2(c3ccc4c(c3)OCO4)CC2)ccc1C.[HH].[HH]. The van der Waals surface area contributed by atoms with E-state index in [1.807, 2.05) is 61.5 Å². The molecular formula is C26H27N5O4. The molecule has 0 atom stereocenters. The van der Waals surface area contributed by atoms with Crippen molar-refractivity contribution in [3.63, 3.8) is 0 Å². The van der Waals surface area contributed by atoms with Crippen molar-refractivity contribution in [1.29, 1.82) is 0 Å². The first-order chi connectivity index (χ1) is 17.1. The molecule has 1 fully saturated rings. The first-order valence-corrected chi connectivity index (χ1v) is 11.3. The number of tetrazole rings is 1. The van der Waals surface area contributed by atoms with Crippen LogP contribution in [-0.2, 0) is 10.2 Å². The van der Waals surface area contributed by atoms with Crippen molar-refractivity contribution in [3.05, 3.63) is 65.7 Å². The number of aryl methyl sites for hydroxylation is 1. The molecule has 0 radical (unpaired) electrons. The number of carbonyl (C=O) groups excluding carboxylic acids is 1. The molecule has 2 aliphatic rings. The summed E-state index contributed by atoms with van der Waals surface area (Å²) in [5.41, 5.74) is 4.78. The van der Waals surface area contributed by atoms with E-state index < -0.39 is 5.41 Å². The molecule has 0 bridgehead atoms. The molecule has 6 rings (SSSR count). The highest BCUT2D eigenvalue weighted by atomic mass is 16.7. The van der Waals surface area contributed by atoms with Crippen molar-refractivity contribution in [2.75, 3.05) is 19.2 Å². The number of anilines is 1. The summed E-state index contributed by atoms with van der Waals surface area (Å²) in [7, 11) is 1.63. The molecule has 3 aromatic carbocycles. The number of methoxy groups -OCH3 is 1. The maximum Gasteiger partial charge on any atom is 0.235 e. The molecule has 1 aliphatic heterocycles. The summed E-state index contributed by atoms with van der Waals surface area (Å²) in [5.74, 6) is 2.58. The zero-order valence-electron chi connectivity index (χ0n) is 19.3. The number of aromatic amines is 1. The molecule has 2 N–H and O–H groups in total. The smallest absolute Gasteiger partial charge is 0.235 e. The average Bonchev–Trinajstić information content (AvgIpc) is 3.27. The number of aromatic nitrogens is 4. The van der Waals surface area contributed by atoms with Crippen LogP contribution < -0.4 is 19.5 Å². The number of nitrogens with zero attached hydrogens (tertiary/aromatic N) is 3. The summed E-state index contributed by atoms with van der Waals surface area (Å²) in [6.07, 6.45) is 1.58. The molecule has 0 unspecified atom stereocenters. The van der Waals surface area contributed by atoms with E-state index in [9.17, 15) is 4.79 Å². The predicted molar refractivity (Wildman–Crippen MR) is 133 cm³/mol. The molecule has 0 saturated heterocycles. The van der Waals surface area contributed by atoms with E-state index in [2.05, 4.69) is 25.9 Å². The van der Waals surface area contributed by atoms with Gasteiger partial charge in [0.2, 0.25) is 18.5 Å². The third-order valence-corrected chi connectivity index (χ3v) is 6.70. The summed E-state index contributed by atoms with van der Waals surface area (Å²) in [4.78, 5) is 13.4. The van der Waals surface area contributed by atoms with Gasteiger partial charge < -0.3 is 19.5 Å². The molecule has 9 heteroatoms. The van der Waals surface area contributed by atoms with Crippen LogP contribution in [0.4, 0.5) is 5.69 Å². The summed E-state index contributed by atoms with van der Waals surface area (Å²) in [6.45, 7) is 2.23. The van der Waals surface area contributed by atoms with Crippen LogP contribution in [0.2, 0.25) is 0 Å². The molecule has 2 heterocycles. The van der Waals surface area contributed by atoms with E-state index in [4.69, 9.17) is 14.2 Å². The number of fused-ring (bicyclic) bond motifs is 1. The lowest BCUT2D eigenvalue weighted by molar-refractivity contribution is -0.118. The highest BCUT2D eigenvalue weighted by Crippen LogP contribution is 2.51. The molecular weight excluding hydrogens is 446 g/mol. The second kappa shape index (κ2) is 8.12. The van der Waals surface area contributed by atoms with E-state index >= 15 is 0 Å². The predicted octanol–water partition coefficient (Wildman–Crippen LogP) is 4.74. The van der Waals surface area contributed by atoms with E-state index in [0.29, 0.717) is 23.1 Å². The molecule has 1 saturated carbocycles. The highest BCUT2D eigenvalue weighted by Gasteiger charge is 2.51. The number of H-pyrrole nitrogens is 1. The molecule has 9 nitrogen and oxygen atoms in total. The van der Waals surface area contributed by atoms with E-state index in [1.54, 1.807) is 7.11 Å². The number of amides is 1. The largest absolute Gasteiger partial charge is 0.496 e. The molecule has 1 aliphatic carbocycles. The van der Waals surface area contributed by atoms with E-state index in [1.165, 1.54) is 0 Å². The zero-order valence-corrected chi connectivity index (χ0v) is 19.3. The quantitative estimate of drug-likeness (QED) is 0.416. The lowest BCUT2D eigenvalue weighted by atomic mass is 9.93. The minimum Gasteiger partial charge on any atom is -0.496 e. The van der Waals surface area contributed by atoms with Gasteiger partial charge in [0.05, 0.1) is 12.5 Å². The van der Waals surface area contributed by atoms with Crippen LogP contribution >= 0.6 is 0 Å². The topological polar surface area (TPSA) is 111 Å². The Morgan fingerprint density at radius 2 is 1.91 bits per heavy atom. The third kappa shape index (κ3) is 3.65. The van der Waals surface area contributed by atoms with Crippen LogP contribution in [-0.4, -0.2) is 40.4 Å². The van der Waals surface area contributed by atoms with Gasteiger partial charge in [-0.05, 0) is 84.1 Å². The van der Waals surface area contributed by atoms with Crippen molar-refractivity contribution in [2.45, 2.75) is 25.2 Å². The van der Waals surface area contributed by atoms with Gasteiger partial charge in [-0.25, -0.2) is 0 Å². The molecule has 1 aromatic heterocycles. The van der Waals surface area contributed by atoms with Crippen molar-refractivity contribution in [2.24, 2.45) is 0 Å². The number of hydrogen-bond donors (Lipinski definition) is 2. The summed E-state index contributed by atoms with van der Waals surface area (Å²) < 4.78 is 16.6. The molecule has 4 aromatic rings. The first-order valence-electron chi connectivity index (χ1n) is 11.3. The van der Waals surface area contributed by atoms with Gasteiger partial charge in [0.25, 0.3) is 0 Å². The summed E-state index contributed by atoms with van der Waals surface area (Å²) >= 11 is 0. The van der Waals surface area contributed by atoms with Gasteiger partial charge >= 0.3 is 0 Å². The average molecular weight is 474 g/mol. The standard InChI is InChI=1S/C26H23N5O4.2H2/c1-15-3-6-18(13-19(15)20-11-16(4-7-21(20)33-2)24-28-30-31-29-24)27-25(32)26(9-10-26)17-5-8-22-23(12-17)35-14-34-22;;/h3-8,11-13H,9-10,14H2,1-2H3,(H,27,32)(H,28,29,30,31);2*1H. The minimum atomic E-state index is -0.553. The second-order valence-corrected chi connectivity index (χ2v) is 8.78. The Kier molecular flexibility index (Phi) is 4.91. The van der Waals surface area contributed by atoms with Gasteiger partial charge in [0.15, 0.2) is 11.5 Å². The minimum absolute atomic E-state index is 0. The van der Waals surface area contributed by atoms with Crippen molar-refractivity contribution < 1.29 is 21.9 Å². The van der Waals surface area contributed by atoms with Crippen LogP contribution in [0.3, 0.4) is 0 Å². The van der Waals surface area contributed by atoms with E-state index in [0.717, 1.165) is 46.3 Å². The number of carbonyl (C=O) groups is 1. The monoisotopic (exact) mass is 473 g/mol. The normalized spacial score (nSPS) is 15.0. The van der Waals surface area contributed by atoms with Crippen LogP contribution in [0.15, 0.2) is 54.6 Å². The van der Waals surface area contributed by atoms with Crippen LogP contribution in [0, 0.1) is 6.92 Å². The fourth-order valence-electron chi connectivity index (χ4n) is 4.55.